The molecule has 1 rings (SSSR count). The first-order valence-electron chi connectivity index (χ1n) is 3.89. The lowest BCUT2D eigenvalue weighted by molar-refractivity contribution is -0.153. The molecule has 1 fully saturated rings. The maximum absolute atomic E-state index is 9.53. The maximum atomic E-state index is 9.53. The fourth-order valence-electron chi connectivity index (χ4n) is 1.43. The molecular weight excluding hydrogens is 162 g/mol. The van der Waals surface area contributed by atoms with Crippen LogP contribution < -0.4 is 5.32 Å². The summed E-state index contributed by atoms with van der Waals surface area (Å²) in [6, 6.07) is -0.264. The SMILES string of the molecule is CN[C@H]1[C@H](O)[C@@H](OC)O[C@@H]1CO. The van der Waals surface area contributed by atoms with Crippen LogP contribution in [0.1, 0.15) is 0 Å². The van der Waals surface area contributed by atoms with E-state index in [2.05, 4.69) is 5.32 Å². The minimum Gasteiger partial charge on any atom is -0.394 e. The van der Waals surface area contributed by atoms with E-state index in [9.17, 15) is 5.11 Å². The number of methoxy groups -OCH3 is 1. The summed E-state index contributed by atoms with van der Waals surface area (Å²) in [6.07, 6.45) is -1.76. The third-order valence-electron chi connectivity index (χ3n) is 2.10. The minimum absolute atomic E-state index is 0.123. The Morgan fingerprint density at radius 3 is 2.58 bits per heavy atom. The van der Waals surface area contributed by atoms with E-state index in [0.717, 1.165) is 0 Å². The monoisotopic (exact) mass is 177 g/mol. The highest BCUT2D eigenvalue weighted by atomic mass is 16.7. The fraction of sp³-hybridized carbons (Fsp3) is 1.00. The van der Waals surface area contributed by atoms with Crippen molar-refractivity contribution in [2.45, 2.75) is 24.5 Å². The summed E-state index contributed by atoms with van der Waals surface area (Å²) in [5.41, 5.74) is 0. The van der Waals surface area contributed by atoms with Crippen molar-refractivity contribution in [1.29, 1.82) is 0 Å². The number of hydrogen-bond acceptors (Lipinski definition) is 5. The van der Waals surface area contributed by atoms with Crippen molar-refractivity contribution in [3.63, 3.8) is 0 Å². The van der Waals surface area contributed by atoms with Crippen molar-refractivity contribution < 1.29 is 19.7 Å². The molecule has 4 atom stereocenters. The minimum atomic E-state index is -0.725. The molecule has 0 saturated carbocycles. The van der Waals surface area contributed by atoms with Crippen molar-refractivity contribution in [1.82, 2.24) is 5.32 Å². The Kier molecular flexibility index (Phi) is 3.42. The van der Waals surface area contributed by atoms with Gasteiger partial charge in [-0.25, -0.2) is 0 Å². The second kappa shape index (κ2) is 4.15. The molecular formula is C7H15NO4. The number of aliphatic hydroxyl groups excluding tert-OH is 2. The molecule has 5 nitrogen and oxygen atoms in total. The Labute approximate surface area is 71.3 Å². The number of nitrogens with one attached hydrogen (secondary N) is 1. The molecule has 1 heterocycles. The summed E-state index contributed by atoms with van der Waals surface area (Å²) in [5.74, 6) is 0. The molecule has 0 aromatic rings. The molecule has 3 N–H and O–H groups in total. The van der Waals surface area contributed by atoms with Gasteiger partial charge >= 0.3 is 0 Å². The molecule has 0 aliphatic carbocycles. The van der Waals surface area contributed by atoms with E-state index in [0.29, 0.717) is 0 Å². The Morgan fingerprint density at radius 1 is 1.58 bits per heavy atom. The van der Waals surface area contributed by atoms with Gasteiger partial charge in [-0.3, -0.25) is 0 Å². The zero-order valence-corrected chi connectivity index (χ0v) is 7.23. The van der Waals surface area contributed by atoms with Crippen LogP contribution in [0.3, 0.4) is 0 Å². The number of aliphatic hydroxyl groups is 2. The second-order valence-electron chi connectivity index (χ2n) is 2.77. The van der Waals surface area contributed by atoms with Gasteiger partial charge < -0.3 is 25.0 Å². The molecule has 0 spiro atoms. The average Bonchev–Trinajstić information content (AvgIpc) is 2.41. The molecule has 1 aliphatic heterocycles. The van der Waals surface area contributed by atoms with Gasteiger partial charge in [-0.05, 0) is 7.05 Å². The fourth-order valence-corrected chi connectivity index (χ4v) is 1.43. The number of rotatable bonds is 3. The van der Waals surface area contributed by atoms with Crippen LogP contribution in [0.15, 0.2) is 0 Å². The molecule has 72 valence electrons. The van der Waals surface area contributed by atoms with Gasteiger partial charge in [0.25, 0.3) is 0 Å². The lowest BCUT2D eigenvalue weighted by Crippen LogP contribution is -2.44. The first kappa shape index (κ1) is 9.88. The molecule has 0 aromatic carbocycles. The molecule has 5 heteroatoms. The standard InChI is InChI=1S/C7H15NO4/c1-8-5-4(3-9)12-7(11-2)6(5)10/h4-10H,3H2,1-2H3/t4-,5-,6+,7+/m1/s1. The summed E-state index contributed by atoms with van der Waals surface area (Å²) < 4.78 is 10.1. The molecule has 12 heavy (non-hydrogen) atoms. The normalized spacial score (nSPS) is 42.0. The van der Waals surface area contributed by atoms with Crippen LogP contribution in [-0.4, -0.2) is 55.5 Å². The highest BCUT2D eigenvalue weighted by molar-refractivity contribution is 4.91. The summed E-state index contributed by atoms with van der Waals surface area (Å²) >= 11 is 0. The molecule has 1 aliphatic rings. The van der Waals surface area contributed by atoms with E-state index in [1.807, 2.05) is 0 Å². The molecule has 1 saturated heterocycles. The Hall–Kier alpha value is -0.200. The molecule has 0 bridgehead atoms. The summed E-state index contributed by atoms with van der Waals surface area (Å²) in [5, 5.41) is 21.3. The zero-order valence-electron chi connectivity index (χ0n) is 7.23. The van der Waals surface area contributed by atoms with Crippen LogP contribution in [0.2, 0.25) is 0 Å². The average molecular weight is 177 g/mol. The van der Waals surface area contributed by atoms with Gasteiger partial charge in [0.1, 0.15) is 12.2 Å². The summed E-state index contributed by atoms with van der Waals surface area (Å²) in [6.45, 7) is -0.123. The maximum Gasteiger partial charge on any atom is 0.185 e. The third kappa shape index (κ3) is 1.60. The number of hydrogen-bond donors (Lipinski definition) is 3. The van der Waals surface area contributed by atoms with Gasteiger partial charge in [0.2, 0.25) is 0 Å². The molecule has 0 aromatic heterocycles. The van der Waals surface area contributed by atoms with Crippen molar-refractivity contribution in [2.24, 2.45) is 0 Å². The van der Waals surface area contributed by atoms with Crippen molar-refractivity contribution in [3.05, 3.63) is 0 Å². The third-order valence-corrected chi connectivity index (χ3v) is 2.10. The van der Waals surface area contributed by atoms with Crippen molar-refractivity contribution >= 4 is 0 Å². The highest BCUT2D eigenvalue weighted by Gasteiger charge is 2.42. The number of ether oxygens (including phenoxy) is 2. The van der Waals surface area contributed by atoms with Gasteiger partial charge in [0.15, 0.2) is 6.29 Å². The van der Waals surface area contributed by atoms with Gasteiger partial charge in [-0.1, -0.05) is 0 Å². The topological polar surface area (TPSA) is 71.0 Å². The van der Waals surface area contributed by atoms with Crippen LogP contribution in [0.4, 0.5) is 0 Å². The van der Waals surface area contributed by atoms with Crippen LogP contribution >= 0.6 is 0 Å². The van der Waals surface area contributed by atoms with Gasteiger partial charge in [0, 0.05) is 7.11 Å². The first-order valence-corrected chi connectivity index (χ1v) is 3.89. The van der Waals surface area contributed by atoms with Gasteiger partial charge in [-0.15, -0.1) is 0 Å². The lowest BCUT2D eigenvalue weighted by Gasteiger charge is -2.16. The van der Waals surface area contributed by atoms with E-state index in [-0.39, 0.29) is 12.6 Å². The number of likely N-dealkylation sites (N-methyl/N-ethyl adjacent to an activating group) is 1. The smallest absolute Gasteiger partial charge is 0.185 e. The van der Waals surface area contributed by atoms with Gasteiger partial charge in [-0.2, -0.15) is 0 Å². The second-order valence-corrected chi connectivity index (χ2v) is 2.77. The first-order chi connectivity index (χ1) is 5.74. The van der Waals surface area contributed by atoms with E-state index in [4.69, 9.17) is 14.6 Å². The predicted molar refractivity (Wildman–Crippen MR) is 41.6 cm³/mol. The summed E-state index contributed by atoms with van der Waals surface area (Å²) in [4.78, 5) is 0. The quantitative estimate of drug-likeness (QED) is 0.479. The molecule has 0 radical (unpaired) electrons. The Bertz CT molecular complexity index is 141. The molecule has 0 unspecified atom stereocenters. The zero-order chi connectivity index (χ0) is 9.14. The van der Waals surface area contributed by atoms with Gasteiger partial charge in [0.05, 0.1) is 12.6 Å². The van der Waals surface area contributed by atoms with Crippen LogP contribution in [0.5, 0.6) is 0 Å². The summed E-state index contributed by atoms with van der Waals surface area (Å²) in [7, 11) is 3.16. The van der Waals surface area contributed by atoms with Crippen LogP contribution in [0.25, 0.3) is 0 Å². The van der Waals surface area contributed by atoms with Crippen molar-refractivity contribution in [3.8, 4) is 0 Å². The predicted octanol–water partition coefficient (Wildman–Crippen LogP) is -1.70. The van der Waals surface area contributed by atoms with Crippen LogP contribution in [-0.2, 0) is 9.47 Å². The van der Waals surface area contributed by atoms with Crippen molar-refractivity contribution in [2.75, 3.05) is 20.8 Å². The van der Waals surface area contributed by atoms with E-state index < -0.39 is 18.5 Å². The van der Waals surface area contributed by atoms with E-state index in [1.165, 1.54) is 7.11 Å². The Morgan fingerprint density at radius 2 is 2.25 bits per heavy atom. The largest absolute Gasteiger partial charge is 0.394 e. The van der Waals surface area contributed by atoms with E-state index in [1.54, 1.807) is 7.05 Å². The van der Waals surface area contributed by atoms with E-state index >= 15 is 0 Å². The van der Waals surface area contributed by atoms with Crippen LogP contribution in [0, 0.1) is 0 Å². The lowest BCUT2D eigenvalue weighted by atomic mass is 10.1. The highest BCUT2D eigenvalue weighted by Crippen LogP contribution is 2.20. The molecule has 0 amide bonds. The Balaban J connectivity index is 2.58.